The van der Waals surface area contributed by atoms with Crippen molar-refractivity contribution in [2.45, 2.75) is 45.1 Å². The lowest BCUT2D eigenvalue weighted by molar-refractivity contribution is 0.173. The fraction of sp³-hybridized carbons (Fsp3) is 0.458. The first-order valence-electron chi connectivity index (χ1n) is 10.3. The van der Waals surface area contributed by atoms with Crippen LogP contribution in [0.4, 0.5) is 0 Å². The second-order valence-corrected chi connectivity index (χ2v) is 8.00. The maximum Gasteiger partial charge on any atom is 0.0405 e. The van der Waals surface area contributed by atoms with Gasteiger partial charge in [0, 0.05) is 35.7 Å². The molecule has 3 nitrogen and oxygen atoms in total. The van der Waals surface area contributed by atoms with E-state index in [0.29, 0.717) is 6.04 Å². The van der Waals surface area contributed by atoms with Gasteiger partial charge in [0.1, 0.15) is 0 Å². The number of aromatic nitrogens is 1. The monoisotopic (exact) mass is 399 g/mol. The van der Waals surface area contributed by atoms with Gasteiger partial charge in [0.15, 0.2) is 0 Å². The van der Waals surface area contributed by atoms with Gasteiger partial charge in [-0.05, 0) is 82.3 Å². The van der Waals surface area contributed by atoms with Crippen molar-refractivity contribution in [1.82, 2.24) is 15.2 Å². The van der Waals surface area contributed by atoms with Crippen molar-refractivity contribution in [3.8, 4) is 0 Å². The Morgan fingerprint density at radius 1 is 1.14 bits per heavy atom. The van der Waals surface area contributed by atoms with Gasteiger partial charge in [-0.1, -0.05) is 42.4 Å². The molecule has 2 aromatic rings. The minimum atomic E-state index is 0.673. The van der Waals surface area contributed by atoms with Crippen LogP contribution in [0.25, 0.3) is 0 Å². The van der Waals surface area contributed by atoms with E-state index in [2.05, 4.69) is 41.8 Å². The van der Waals surface area contributed by atoms with E-state index >= 15 is 0 Å². The van der Waals surface area contributed by atoms with Crippen LogP contribution >= 0.6 is 11.6 Å². The van der Waals surface area contributed by atoms with E-state index in [1.165, 1.54) is 36.9 Å². The van der Waals surface area contributed by atoms with Crippen LogP contribution < -0.4 is 5.32 Å². The highest BCUT2D eigenvalue weighted by Crippen LogP contribution is 2.29. The molecule has 1 aromatic carbocycles. The summed E-state index contributed by atoms with van der Waals surface area (Å²) >= 11 is 5.54. The van der Waals surface area contributed by atoms with Crippen molar-refractivity contribution < 1.29 is 0 Å². The number of nitrogens with zero attached hydrogens (tertiary/aromatic N) is 2. The molecular weight excluding hydrogens is 366 g/mol. The van der Waals surface area contributed by atoms with Crippen LogP contribution in [-0.4, -0.2) is 36.1 Å². The summed E-state index contributed by atoms with van der Waals surface area (Å²) in [5.41, 5.74) is 2.52. The van der Waals surface area contributed by atoms with Gasteiger partial charge in [0.25, 0.3) is 0 Å². The van der Waals surface area contributed by atoms with Crippen molar-refractivity contribution in [1.29, 1.82) is 0 Å². The van der Waals surface area contributed by atoms with Crippen molar-refractivity contribution >= 4 is 11.6 Å². The van der Waals surface area contributed by atoms with Crippen molar-refractivity contribution in [3.63, 3.8) is 0 Å². The molecule has 0 unspecified atom stereocenters. The molecule has 0 bridgehead atoms. The van der Waals surface area contributed by atoms with Crippen LogP contribution in [0, 0.1) is 5.92 Å². The van der Waals surface area contributed by atoms with Crippen LogP contribution in [0.15, 0.2) is 67.1 Å². The Kier molecular flexibility index (Phi) is 10.1. The molecule has 1 N–H and O–H groups in total. The molecule has 3 rings (SSSR count). The van der Waals surface area contributed by atoms with E-state index in [1.54, 1.807) is 0 Å². The number of rotatable bonds is 7. The van der Waals surface area contributed by atoms with Crippen LogP contribution in [-0.2, 0) is 6.42 Å². The minimum Gasteiger partial charge on any atom is -0.372 e. The number of allylic oxidation sites excluding steroid dienone is 1. The predicted octanol–water partition coefficient (Wildman–Crippen LogP) is 5.58. The highest BCUT2D eigenvalue weighted by molar-refractivity contribution is 6.30. The average molecular weight is 400 g/mol. The number of hydrogen-bond donors (Lipinski definition) is 1. The highest BCUT2D eigenvalue weighted by Gasteiger charge is 2.25. The van der Waals surface area contributed by atoms with Crippen LogP contribution in [0.2, 0.25) is 5.02 Å². The van der Waals surface area contributed by atoms with Crippen LogP contribution in [0.1, 0.15) is 38.2 Å². The molecule has 1 aliphatic rings. The SMILES string of the molecule is C=C(C)N(CCc1cccnc1)C1CCC(CNC)CC1.Clc1ccccc1. The molecule has 4 heteroatoms. The van der Waals surface area contributed by atoms with Gasteiger partial charge in [0.05, 0.1) is 0 Å². The largest absolute Gasteiger partial charge is 0.372 e. The maximum absolute atomic E-state index is 5.54. The second-order valence-electron chi connectivity index (χ2n) is 7.57. The van der Waals surface area contributed by atoms with Crippen molar-refractivity contribution in [2.24, 2.45) is 5.92 Å². The zero-order valence-electron chi connectivity index (χ0n) is 17.3. The third-order valence-electron chi connectivity index (χ3n) is 5.34. The molecule has 1 aromatic heterocycles. The molecule has 0 saturated heterocycles. The summed E-state index contributed by atoms with van der Waals surface area (Å²) in [6.45, 7) is 8.56. The lowest BCUT2D eigenvalue weighted by atomic mass is 9.85. The summed E-state index contributed by atoms with van der Waals surface area (Å²) in [5, 5.41) is 4.11. The Hall–Kier alpha value is -1.84. The van der Waals surface area contributed by atoms with Gasteiger partial charge in [-0.15, -0.1) is 0 Å². The molecular formula is C24H34ClN3. The van der Waals surface area contributed by atoms with Crippen molar-refractivity contribution in [3.05, 3.63) is 77.7 Å². The molecule has 0 amide bonds. The zero-order chi connectivity index (χ0) is 20.2. The fourth-order valence-corrected chi connectivity index (χ4v) is 3.99. The summed E-state index contributed by atoms with van der Waals surface area (Å²) in [4.78, 5) is 6.72. The molecule has 0 atom stereocenters. The molecule has 0 radical (unpaired) electrons. The number of halogens is 1. The van der Waals surface area contributed by atoms with E-state index in [9.17, 15) is 0 Å². The number of hydrogen-bond acceptors (Lipinski definition) is 3. The summed E-state index contributed by atoms with van der Waals surface area (Å²) in [5.74, 6) is 0.858. The number of pyridine rings is 1. The van der Waals surface area contributed by atoms with Gasteiger partial charge < -0.3 is 10.2 Å². The molecule has 1 heterocycles. The van der Waals surface area contributed by atoms with E-state index in [4.69, 9.17) is 11.6 Å². The van der Waals surface area contributed by atoms with E-state index in [-0.39, 0.29) is 0 Å². The Bertz CT molecular complexity index is 667. The van der Waals surface area contributed by atoms with E-state index in [1.807, 2.05) is 48.8 Å². The topological polar surface area (TPSA) is 28.2 Å². The minimum absolute atomic E-state index is 0.673. The summed E-state index contributed by atoms with van der Waals surface area (Å²) in [6.07, 6.45) is 10.1. The van der Waals surface area contributed by atoms with Crippen molar-refractivity contribution in [2.75, 3.05) is 20.1 Å². The zero-order valence-corrected chi connectivity index (χ0v) is 18.0. The van der Waals surface area contributed by atoms with Gasteiger partial charge >= 0.3 is 0 Å². The lowest BCUT2D eigenvalue weighted by Gasteiger charge is -2.38. The summed E-state index contributed by atoms with van der Waals surface area (Å²) < 4.78 is 0. The van der Waals surface area contributed by atoms with Crippen LogP contribution in [0.3, 0.4) is 0 Å². The molecule has 0 spiro atoms. The van der Waals surface area contributed by atoms with Gasteiger partial charge in [-0.25, -0.2) is 0 Å². The smallest absolute Gasteiger partial charge is 0.0405 e. The number of benzene rings is 1. The third-order valence-corrected chi connectivity index (χ3v) is 5.59. The summed E-state index contributed by atoms with van der Waals surface area (Å²) in [7, 11) is 2.06. The molecule has 28 heavy (non-hydrogen) atoms. The molecule has 152 valence electrons. The number of nitrogens with one attached hydrogen (secondary N) is 1. The van der Waals surface area contributed by atoms with Gasteiger partial charge in [-0.3, -0.25) is 4.98 Å². The Labute approximate surface area is 175 Å². The van der Waals surface area contributed by atoms with E-state index in [0.717, 1.165) is 30.5 Å². The fourth-order valence-electron chi connectivity index (χ4n) is 3.84. The average Bonchev–Trinajstić information content (AvgIpc) is 2.71. The highest BCUT2D eigenvalue weighted by atomic mass is 35.5. The normalized spacial score (nSPS) is 18.7. The quantitative estimate of drug-likeness (QED) is 0.658. The van der Waals surface area contributed by atoms with E-state index < -0.39 is 0 Å². The predicted molar refractivity (Wildman–Crippen MR) is 121 cm³/mol. The lowest BCUT2D eigenvalue weighted by Crippen LogP contribution is -2.39. The standard InChI is InChI=1S/C18H29N3.C6H5Cl/c1-15(2)21(12-10-16-5-4-11-20-14-16)18-8-6-17(7-9-18)13-19-3;7-6-4-2-1-3-5-6/h4-5,11,14,17-19H,1,6-10,12-13H2,2-3H3;1-5H. The van der Waals surface area contributed by atoms with Gasteiger partial charge in [-0.2, -0.15) is 0 Å². The Morgan fingerprint density at radius 3 is 2.36 bits per heavy atom. The second kappa shape index (κ2) is 12.6. The van der Waals surface area contributed by atoms with Crippen LogP contribution in [0.5, 0.6) is 0 Å². The Morgan fingerprint density at radius 2 is 1.86 bits per heavy atom. The maximum atomic E-state index is 5.54. The summed E-state index contributed by atoms with van der Waals surface area (Å²) in [6, 6.07) is 14.3. The first-order chi connectivity index (χ1) is 13.6. The van der Waals surface area contributed by atoms with Gasteiger partial charge in [0.2, 0.25) is 0 Å². The first kappa shape index (κ1) is 22.4. The molecule has 1 fully saturated rings. The first-order valence-corrected chi connectivity index (χ1v) is 10.6. The molecule has 0 aliphatic heterocycles. The third kappa shape index (κ3) is 8.04. The Balaban J connectivity index is 0.000000336. The molecule has 1 aliphatic carbocycles. The molecule has 1 saturated carbocycles.